The maximum Gasteiger partial charge on any atom is 0.322 e. The fourth-order valence-electron chi connectivity index (χ4n) is 13.6. The number of benzene rings is 2. The number of aliphatic hydroxyl groups is 1. The molecule has 2 bridgehead atoms. The molecule has 3 aromatic rings. The van der Waals surface area contributed by atoms with Crippen molar-refractivity contribution < 1.29 is 33.7 Å². The Balaban J connectivity index is 1.34. The molecule has 1 aliphatic carbocycles. The van der Waals surface area contributed by atoms with Gasteiger partial charge in [-0.3, -0.25) is 24.2 Å². The van der Waals surface area contributed by atoms with Crippen molar-refractivity contribution in [1.29, 1.82) is 0 Å². The maximum absolute atomic E-state index is 15.4. The molecule has 9 rings (SSSR count). The molecular formula is C49H63N5O7. The van der Waals surface area contributed by atoms with E-state index in [1.54, 1.807) is 7.11 Å². The van der Waals surface area contributed by atoms with Gasteiger partial charge in [-0.2, -0.15) is 0 Å². The first-order valence-corrected chi connectivity index (χ1v) is 22.5. The van der Waals surface area contributed by atoms with Crippen molar-refractivity contribution in [3.63, 3.8) is 0 Å². The fraction of sp³-hybridized carbons (Fsp3) is 0.571. The highest BCUT2D eigenvalue weighted by Gasteiger charge is 2.78. The summed E-state index contributed by atoms with van der Waals surface area (Å²) in [4.78, 5) is 52.9. The first kappa shape index (κ1) is 41.7. The Kier molecular flexibility index (Phi) is 10.5. The van der Waals surface area contributed by atoms with Gasteiger partial charge in [0.15, 0.2) is 0 Å². The van der Waals surface area contributed by atoms with Gasteiger partial charge in [-0.15, -0.1) is 0 Å². The van der Waals surface area contributed by atoms with Crippen LogP contribution in [0.15, 0.2) is 60.2 Å². The molecule has 6 heterocycles. The van der Waals surface area contributed by atoms with E-state index in [9.17, 15) is 14.7 Å². The van der Waals surface area contributed by atoms with Crippen LogP contribution in [0.2, 0.25) is 0 Å². The highest BCUT2D eigenvalue weighted by Crippen LogP contribution is 2.68. The average molecular weight is 834 g/mol. The quantitative estimate of drug-likeness (QED) is 0.177. The van der Waals surface area contributed by atoms with Crippen LogP contribution in [0.1, 0.15) is 88.6 Å². The molecule has 0 radical (unpaired) electrons. The molecule has 1 saturated heterocycles. The minimum atomic E-state index is -1.73. The number of likely N-dealkylation sites (N-methyl/N-ethyl adjacent to an activating group) is 1. The van der Waals surface area contributed by atoms with Crippen LogP contribution < -0.4 is 15.0 Å². The molecule has 2 fully saturated rings. The number of methoxy groups -OCH3 is 2. The maximum atomic E-state index is 15.4. The van der Waals surface area contributed by atoms with Gasteiger partial charge in [0.1, 0.15) is 22.9 Å². The number of ether oxygens (including phenoxy) is 3. The Morgan fingerprint density at radius 2 is 1.85 bits per heavy atom. The van der Waals surface area contributed by atoms with Gasteiger partial charge in [-0.1, -0.05) is 62.8 Å². The largest absolute Gasteiger partial charge is 0.496 e. The lowest BCUT2D eigenvalue weighted by atomic mass is 9.47. The molecule has 1 aromatic heterocycles. The van der Waals surface area contributed by atoms with Crippen molar-refractivity contribution in [1.82, 2.24) is 20.1 Å². The van der Waals surface area contributed by atoms with E-state index < -0.39 is 40.0 Å². The van der Waals surface area contributed by atoms with Gasteiger partial charge in [0.05, 0.1) is 26.8 Å². The highest BCUT2D eigenvalue weighted by molar-refractivity contribution is 5.94. The van der Waals surface area contributed by atoms with Gasteiger partial charge < -0.3 is 34.5 Å². The Bertz CT molecular complexity index is 2320. The van der Waals surface area contributed by atoms with Crippen molar-refractivity contribution in [2.24, 2.45) is 11.3 Å². The zero-order chi connectivity index (χ0) is 43.1. The lowest BCUT2D eigenvalue weighted by Gasteiger charge is -2.64. The number of amides is 1. The summed E-state index contributed by atoms with van der Waals surface area (Å²) in [6.45, 7) is 11.6. The lowest BCUT2D eigenvalue weighted by Crippen LogP contribution is -2.81. The number of esters is 2. The third-order valence-corrected chi connectivity index (χ3v) is 15.7. The van der Waals surface area contributed by atoms with E-state index in [4.69, 9.17) is 14.2 Å². The van der Waals surface area contributed by atoms with E-state index >= 15 is 4.79 Å². The first-order valence-electron chi connectivity index (χ1n) is 22.5. The number of H-pyrrole nitrogens is 1. The number of aromatic amines is 1. The SMILES string of the molecule is CCCC(=O)NC[C@@]1(O)[C@H](OC(C)=O)[C@]2(CC)C=CCN3CC[C@@]4(c5cc([C@@]6(C(=O)OC)C[C@@H]7C=C(CC)CN(CCc8c6[nH]c6ccccc86)C7)c(OC)cc5N(C)[C@@H]14)[C@@H]32. The third kappa shape index (κ3) is 5.90. The Labute approximate surface area is 359 Å². The lowest BCUT2D eigenvalue weighted by molar-refractivity contribution is -0.217. The molecule has 9 atom stereocenters. The van der Waals surface area contributed by atoms with Crippen LogP contribution in [0, 0.1) is 11.3 Å². The smallest absolute Gasteiger partial charge is 0.322 e. The minimum Gasteiger partial charge on any atom is -0.496 e. The predicted octanol–water partition coefficient (Wildman–Crippen LogP) is 5.54. The van der Waals surface area contributed by atoms with E-state index in [-0.39, 0.29) is 30.4 Å². The average Bonchev–Trinajstić information content (AvgIpc) is 3.92. The van der Waals surface area contributed by atoms with Crippen LogP contribution >= 0.6 is 0 Å². The number of aromatic nitrogens is 1. The highest BCUT2D eigenvalue weighted by atomic mass is 16.6. The Morgan fingerprint density at radius 3 is 2.57 bits per heavy atom. The van der Waals surface area contributed by atoms with Gasteiger partial charge in [-0.05, 0) is 74.2 Å². The van der Waals surface area contributed by atoms with E-state index in [0.717, 1.165) is 84.5 Å². The fourth-order valence-corrected chi connectivity index (χ4v) is 13.6. The van der Waals surface area contributed by atoms with E-state index in [1.165, 1.54) is 19.6 Å². The van der Waals surface area contributed by atoms with Gasteiger partial charge in [-0.25, -0.2) is 0 Å². The Hall–Kier alpha value is -4.65. The normalized spacial score (nSPS) is 33.6. The van der Waals surface area contributed by atoms with Crippen LogP contribution in [0.5, 0.6) is 5.75 Å². The second-order valence-electron chi connectivity index (χ2n) is 18.7. The summed E-state index contributed by atoms with van der Waals surface area (Å²) >= 11 is 0. The van der Waals surface area contributed by atoms with Crippen LogP contribution in [-0.2, 0) is 41.1 Å². The van der Waals surface area contributed by atoms with Crippen molar-refractivity contribution in [3.8, 4) is 5.75 Å². The molecule has 326 valence electrons. The monoisotopic (exact) mass is 833 g/mol. The predicted molar refractivity (Wildman–Crippen MR) is 235 cm³/mol. The van der Waals surface area contributed by atoms with Gasteiger partial charge >= 0.3 is 11.9 Å². The number of para-hydroxylation sites is 1. The number of rotatable bonds is 10. The molecule has 1 amide bonds. The third-order valence-electron chi connectivity index (χ3n) is 15.7. The number of hydrogen-bond acceptors (Lipinski definition) is 10. The number of nitrogens with one attached hydrogen (secondary N) is 2. The molecule has 1 spiro atoms. The number of carbonyl (C=O) groups is 3. The topological polar surface area (TPSA) is 137 Å². The van der Waals surface area contributed by atoms with Crippen LogP contribution in [0.25, 0.3) is 10.9 Å². The molecule has 2 aromatic carbocycles. The van der Waals surface area contributed by atoms with Gasteiger partial charge in [0.2, 0.25) is 5.91 Å². The molecule has 12 heteroatoms. The van der Waals surface area contributed by atoms with E-state index in [0.29, 0.717) is 37.9 Å². The molecule has 3 N–H and O–H groups in total. The number of anilines is 1. The first-order chi connectivity index (χ1) is 29.4. The summed E-state index contributed by atoms with van der Waals surface area (Å²) in [7, 11) is 5.15. The van der Waals surface area contributed by atoms with Crippen molar-refractivity contribution in [2.75, 3.05) is 65.4 Å². The van der Waals surface area contributed by atoms with Crippen molar-refractivity contribution in [2.45, 2.75) is 107 Å². The number of nitrogens with zero attached hydrogens (tertiary/aromatic N) is 3. The van der Waals surface area contributed by atoms with Gasteiger partial charge in [0, 0.05) is 97.4 Å². The van der Waals surface area contributed by atoms with E-state index in [2.05, 4.69) is 87.4 Å². The second kappa shape index (κ2) is 15.3. The molecule has 1 saturated carbocycles. The Morgan fingerprint density at radius 1 is 1.05 bits per heavy atom. The number of fused-ring (bicyclic) bond motifs is 6. The zero-order valence-electron chi connectivity index (χ0n) is 36.9. The summed E-state index contributed by atoms with van der Waals surface area (Å²) in [6, 6.07) is 11.8. The molecule has 6 aliphatic rings. The molecule has 12 nitrogen and oxygen atoms in total. The van der Waals surface area contributed by atoms with E-state index in [1.807, 2.05) is 20.0 Å². The van der Waals surface area contributed by atoms with Crippen LogP contribution in [0.3, 0.4) is 0 Å². The van der Waals surface area contributed by atoms with Crippen LogP contribution in [0.4, 0.5) is 5.69 Å². The molecule has 5 aliphatic heterocycles. The minimum absolute atomic E-state index is 0.0425. The zero-order valence-corrected chi connectivity index (χ0v) is 36.9. The van der Waals surface area contributed by atoms with Crippen molar-refractivity contribution >= 4 is 34.4 Å². The van der Waals surface area contributed by atoms with Crippen LogP contribution in [-0.4, -0.2) is 122 Å². The second-order valence-corrected chi connectivity index (χ2v) is 18.7. The molecule has 1 unspecified atom stereocenters. The molecular weight excluding hydrogens is 771 g/mol. The van der Waals surface area contributed by atoms with Gasteiger partial charge in [0.25, 0.3) is 0 Å². The van der Waals surface area contributed by atoms with Crippen molar-refractivity contribution in [3.05, 3.63) is 82.6 Å². The summed E-state index contributed by atoms with van der Waals surface area (Å²) in [5, 5.41) is 17.9. The standard InChI is InChI=1S/C49H63N5O7/c1-8-14-40(56)50-29-49(58)43-47(19-22-54-20-13-18-46(10-3,42(47)54)44(49)61-30(4)55)35-24-36(39(59-6)25-38(35)52(43)5)48(45(57)60-7)26-32-23-31(9-2)27-53(28-32)21-17-34-33-15-11-12-16-37(33)51-41(34)48/h11-13,15-16,18,23-25,32,42-44,51,58H,8-10,14,17,19-22,26-29H2,1-7H3,(H,50,56)/t32-,42-,43+,44+,46+,47+,48-,49-/m0/s1. The number of carbonyl (C=O) groups excluding carboxylic acids is 3. The molecule has 61 heavy (non-hydrogen) atoms. The summed E-state index contributed by atoms with van der Waals surface area (Å²) in [5.41, 5.74) is 2.36. The summed E-state index contributed by atoms with van der Waals surface area (Å²) in [6.07, 6.45) is 10.2. The summed E-state index contributed by atoms with van der Waals surface area (Å²) in [5.74, 6) is -0.399. The number of hydrogen-bond donors (Lipinski definition) is 3. The summed E-state index contributed by atoms with van der Waals surface area (Å²) < 4.78 is 18.8.